The minimum Gasteiger partial charge on any atom is -0.381 e. The van der Waals surface area contributed by atoms with Gasteiger partial charge in [0, 0.05) is 38.8 Å². The summed E-state index contributed by atoms with van der Waals surface area (Å²) in [5.41, 5.74) is -0.0742. The van der Waals surface area contributed by atoms with Crippen LogP contribution in [0.2, 0.25) is 0 Å². The van der Waals surface area contributed by atoms with Gasteiger partial charge in [0.15, 0.2) is 0 Å². The summed E-state index contributed by atoms with van der Waals surface area (Å²) in [6.45, 7) is 2.98. The zero-order chi connectivity index (χ0) is 15.3. The molecule has 1 aromatic heterocycles. The zero-order valence-electron chi connectivity index (χ0n) is 12.9. The molecule has 2 fully saturated rings. The monoisotopic (exact) mass is 308 g/mol. The third-order valence-electron chi connectivity index (χ3n) is 4.52. The number of aromatic nitrogens is 3. The van der Waals surface area contributed by atoms with Crippen LogP contribution in [0.1, 0.15) is 38.5 Å². The third-order valence-corrected chi connectivity index (χ3v) is 4.52. The molecule has 122 valence electrons. The van der Waals surface area contributed by atoms with E-state index in [2.05, 4.69) is 15.4 Å². The van der Waals surface area contributed by atoms with Gasteiger partial charge >= 0.3 is 0 Å². The topological polar surface area (TPSA) is 78.3 Å². The van der Waals surface area contributed by atoms with Gasteiger partial charge in [-0.1, -0.05) is 0 Å². The molecule has 1 atom stereocenters. The van der Waals surface area contributed by atoms with Gasteiger partial charge in [0.05, 0.1) is 5.60 Å². The van der Waals surface area contributed by atoms with Crippen molar-refractivity contribution in [2.45, 2.75) is 56.7 Å². The Hall–Kier alpha value is -1.47. The van der Waals surface area contributed by atoms with E-state index in [0.29, 0.717) is 6.42 Å². The van der Waals surface area contributed by atoms with Crippen molar-refractivity contribution >= 4 is 5.91 Å². The Morgan fingerprint density at radius 3 is 3.00 bits per heavy atom. The average Bonchev–Trinajstić information content (AvgIpc) is 3.01. The highest BCUT2D eigenvalue weighted by Gasteiger charge is 2.39. The summed E-state index contributed by atoms with van der Waals surface area (Å²) in [5.74, 6) is 0.120. The van der Waals surface area contributed by atoms with Crippen LogP contribution in [0.5, 0.6) is 0 Å². The van der Waals surface area contributed by atoms with E-state index in [1.54, 1.807) is 11.0 Å². The van der Waals surface area contributed by atoms with Crippen molar-refractivity contribution in [3.05, 3.63) is 12.7 Å². The first kappa shape index (κ1) is 15.4. The lowest BCUT2D eigenvalue weighted by atomic mass is 9.84. The van der Waals surface area contributed by atoms with E-state index in [4.69, 9.17) is 9.47 Å². The van der Waals surface area contributed by atoms with Crippen molar-refractivity contribution in [2.24, 2.45) is 0 Å². The maximum atomic E-state index is 12.1. The minimum atomic E-state index is -0.0742. The van der Waals surface area contributed by atoms with Crippen molar-refractivity contribution in [3.8, 4) is 0 Å². The van der Waals surface area contributed by atoms with Crippen LogP contribution in [-0.4, -0.2) is 52.1 Å². The van der Waals surface area contributed by atoms with Crippen molar-refractivity contribution < 1.29 is 14.3 Å². The Morgan fingerprint density at radius 2 is 2.23 bits per heavy atom. The van der Waals surface area contributed by atoms with Gasteiger partial charge in [-0.05, 0) is 32.1 Å². The first-order chi connectivity index (χ1) is 10.8. The standard InChI is InChI=1S/C15H24N4O3/c20-14(2-1-6-19-12-16-11-17-19)18-13-3-7-22-15(10-13)4-8-21-9-5-15/h11-13H,1-10H2,(H,18,20)/t13-/m0/s1. The summed E-state index contributed by atoms with van der Waals surface area (Å²) < 4.78 is 13.2. The first-order valence-electron chi connectivity index (χ1n) is 8.09. The molecule has 2 saturated heterocycles. The molecule has 22 heavy (non-hydrogen) atoms. The van der Waals surface area contributed by atoms with Crippen LogP contribution in [-0.2, 0) is 20.8 Å². The van der Waals surface area contributed by atoms with E-state index in [1.807, 2.05) is 0 Å². The number of amides is 1. The summed E-state index contributed by atoms with van der Waals surface area (Å²) in [4.78, 5) is 16.0. The van der Waals surface area contributed by atoms with Crippen molar-refractivity contribution in [2.75, 3.05) is 19.8 Å². The van der Waals surface area contributed by atoms with E-state index in [-0.39, 0.29) is 17.6 Å². The number of carbonyl (C=O) groups excluding carboxylic acids is 1. The second kappa shape index (κ2) is 7.19. The largest absolute Gasteiger partial charge is 0.381 e. The fraction of sp³-hybridized carbons (Fsp3) is 0.800. The Balaban J connectivity index is 1.40. The van der Waals surface area contributed by atoms with Gasteiger partial charge in [0.1, 0.15) is 12.7 Å². The second-order valence-corrected chi connectivity index (χ2v) is 6.16. The van der Waals surface area contributed by atoms with Gasteiger partial charge in [0.25, 0.3) is 0 Å². The first-order valence-corrected chi connectivity index (χ1v) is 8.09. The summed E-state index contributed by atoms with van der Waals surface area (Å²) in [7, 11) is 0. The highest BCUT2D eigenvalue weighted by Crippen LogP contribution is 2.34. The highest BCUT2D eigenvalue weighted by atomic mass is 16.5. The molecule has 1 amide bonds. The summed E-state index contributed by atoms with van der Waals surface area (Å²) >= 11 is 0. The van der Waals surface area contributed by atoms with Crippen LogP contribution in [0, 0.1) is 0 Å². The van der Waals surface area contributed by atoms with Gasteiger partial charge in [-0.15, -0.1) is 0 Å². The van der Waals surface area contributed by atoms with E-state index in [1.165, 1.54) is 6.33 Å². The van der Waals surface area contributed by atoms with Gasteiger partial charge < -0.3 is 14.8 Å². The molecule has 3 heterocycles. The summed E-state index contributed by atoms with van der Waals surface area (Å²) in [5, 5.41) is 7.20. The normalized spacial score (nSPS) is 24.3. The summed E-state index contributed by atoms with van der Waals surface area (Å²) in [6, 6.07) is 0.228. The molecule has 0 aliphatic carbocycles. The molecular formula is C15H24N4O3. The predicted octanol–water partition coefficient (Wildman–Crippen LogP) is 0.903. The molecule has 7 heteroatoms. The number of hydrogen-bond donors (Lipinski definition) is 1. The van der Waals surface area contributed by atoms with Gasteiger partial charge in [-0.3, -0.25) is 9.48 Å². The molecule has 2 aliphatic heterocycles. The number of carbonyl (C=O) groups is 1. The quantitative estimate of drug-likeness (QED) is 0.874. The molecule has 0 bridgehead atoms. The molecule has 0 radical (unpaired) electrons. The maximum Gasteiger partial charge on any atom is 0.220 e. The van der Waals surface area contributed by atoms with Gasteiger partial charge in [-0.2, -0.15) is 5.10 Å². The fourth-order valence-electron chi connectivity index (χ4n) is 3.29. The van der Waals surface area contributed by atoms with Gasteiger partial charge in [0.2, 0.25) is 5.91 Å². The number of nitrogens with zero attached hydrogens (tertiary/aromatic N) is 3. The highest BCUT2D eigenvalue weighted by molar-refractivity contribution is 5.76. The van der Waals surface area contributed by atoms with Crippen molar-refractivity contribution in [3.63, 3.8) is 0 Å². The summed E-state index contributed by atoms with van der Waals surface area (Å²) in [6.07, 6.45) is 8.16. The average molecular weight is 308 g/mol. The smallest absolute Gasteiger partial charge is 0.220 e. The molecular weight excluding hydrogens is 284 g/mol. The predicted molar refractivity (Wildman–Crippen MR) is 79.2 cm³/mol. The van der Waals surface area contributed by atoms with Crippen LogP contribution in [0.4, 0.5) is 0 Å². The van der Waals surface area contributed by atoms with Crippen molar-refractivity contribution in [1.82, 2.24) is 20.1 Å². The molecule has 0 saturated carbocycles. The Bertz CT molecular complexity index is 466. The SMILES string of the molecule is O=C(CCCn1cncn1)N[C@H]1CCOC2(CCOCC2)C1. The van der Waals surface area contributed by atoms with E-state index >= 15 is 0 Å². The molecule has 0 aromatic carbocycles. The van der Waals surface area contributed by atoms with E-state index in [0.717, 1.165) is 58.5 Å². The lowest BCUT2D eigenvalue weighted by Crippen LogP contribution is -2.51. The molecule has 1 aromatic rings. The lowest BCUT2D eigenvalue weighted by molar-refractivity contribution is -0.144. The van der Waals surface area contributed by atoms with Crippen LogP contribution in [0.15, 0.2) is 12.7 Å². The number of rotatable bonds is 5. The molecule has 7 nitrogen and oxygen atoms in total. The maximum absolute atomic E-state index is 12.1. The Kier molecular flexibility index (Phi) is 5.04. The lowest BCUT2D eigenvalue weighted by Gasteiger charge is -2.43. The second-order valence-electron chi connectivity index (χ2n) is 6.16. The van der Waals surface area contributed by atoms with Crippen LogP contribution >= 0.6 is 0 Å². The number of aryl methyl sites for hydroxylation is 1. The number of ether oxygens (including phenoxy) is 2. The van der Waals surface area contributed by atoms with Crippen LogP contribution in [0.25, 0.3) is 0 Å². The number of nitrogens with one attached hydrogen (secondary N) is 1. The Labute approximate surface area is 130 Å². The van der Waals surface area contributed by atoms with Crippen LogP contribution in [0.3, 0.4) is 0 Å². The van der Waals surface area contributed by atoms with Crippen LogP contribution < -0.4 is 5.32 Å². The molecule has 1 spiro atoms. The van der Waals surface area contributed by atoms with Crippen molar-refractivity contribution in [1.29, 1.82) is 0 Å². The minimum absolute atomic E-state index is 0.0742. The van der Waals surface area contributed by atoms with E-state index < -0.39 is 0 Å². The zero-order valence-corrected chi connectivity index (χ0v) is 12.9. The Morgan fingerprint density at radius 1 is 1.36 bits per heavy atom. The number of hydrogen-bond acceptors (Lipinski definition) is 5. The van der Waals surface area contributed by atoms with Gasteiger partial charge in [-0.25, -0.2) is 4.98 Å². The third kappa shape index (κ3) is 4.04. The molecule has 1 N–H and O–H groups in total. The van der Waals surface area contributed by atoms with E-state index in [9.17, 15) is 4.79 Å². The molecule has 3 rings (SSSR count). The molecule has 0 unspecified atom stereocenters. The molecule has 2 aliphatic rings. The fourth-order valence-corrected chi connectivity index (χ4v) is 3.29.